The smallest absolute Gasteiger partial charge is 0.0667 e. The molecule has 0 unspecified atom stereocenters. The van der Waals surface area contributed by atoms with E-state index in [4.69, 9.17) is 4.74 Å². The minimum absolute atomic E-state index is 0. The van der Waals surface area contributed by atoms with Crippen molar-refractivity contribution in [3.05, 3.63) is 12.2 Å². The molecule has 0 atom stereocenters. The van der Waals surface area contributed by atoms with Gasteiger partial charge in [-0.3, -0.25) is 0 Å². The largest absolute Gasteiger partial charge is 0.380 e. The van der Waals surface area contributed by atoms with Crippen LogP contribution in [0.4, 0.5) is 0 Å². The molecule has 0 heterocycles. The number of hydrogen-bond donors (Lipinski definition) is 0. The lowest BCUT2D eigenvalue weighted by molar-refractivity contribution is 0.226. The van der Waals surface area contributed by atoms with Crippen molar-refractivity contribution in [3.8, 4) is 0 Å². The van der Waals surface area contributed by atoms with Gasteiger partial charge >= 0.3 is 0 Å². The Morgan fingerprint density at radius 1 is 1.20 bits per heavy atom. The Morgan fingerprint density at radius 2 is 1.50 bits per heavy atom. The Bertz CT molecular complexity index is 48.7. The fraction of sp³-hybridized carbons (Fsp3) is 0.778. The fourth-order valence-corrected chi connectivity index (χ4v) is 0.246. The Balaban J connectivity index is -0.0000000208. The zero-order valence-electron chi connectivity index (χ0n) is 4.32. The monoisotopic (exact) mass is 150 g/mol. The summed E-state index contributed by atoms with van der Waals surface area (Å²) in [5, 5.41) is 0. The number of rotatable bonds is 2. The lowest BCUT2D eigenvalue weighted by Crippen LogP contribution is -1.85. The number of hydrogen-bond acceptors (Lipinski definition) is 1. The van der Waals surface area contributed by atoms with Gasteiger partial charge in [-0.25, -0.2) is 0 Å². The molecule has 0 aromatic heterocycles. The van der Waals surface area contributed by atoms with E-state index < -0.39 is 0 Å². The first-order chi connectivity index (χ1) is 2.77. The standard InChI is InChI=1S/C5H10O.4CH4/c1-5(2)4-6-3;;;;/h1,4H2,2-3H3;4*1H4. The molecule has 0 saturated carbocycles. The summed E-state index contributed by atoms with van der Waals surface area (Å²) < 4.78 is 4.70. The van der Waals surface area contributed by atoms with Crippen LogP contribution in [0.5, 0.6) is 0 Å². The second-order valence-corrected chi connectivity index (χ2v) is 1.39. The first-order valence-corrected chi connectivity index (χ1v) is 1.90. The first-order valence-electron chi connectivity index (χ1n) is 1.90. The Morgan fingerprint density at radius 3 is 1.50 bits per heavy atom. The van der Waals surface area contributed by atoms with Gasteiger partial charge in [0.05, 0.1) is 6.61 Å². The molecule has 0 aliphatic rings. The van der Waals surface area contributed by atoms with E-state index in [-0.39, 0.29) is 29.7 Å². The predicted octanol–water partition coefficient (Wildman–Crippen LogP) is 3.75. The van der Waals surface area contributed by atoms with Crippen LogP contribution in [-0.4, -0.2) is 13.7 Å². The van der Waals surface area contributed by atoms with Crippen molar-refractivity contribution < 1.29 is 4.74 Å². The van der Waals surface area contributed by atoms with Crippen molar-refractivity contribution in [2.45, 2.75) is 36.6 Å². The van der Waals surface area contributed by atoms with E-state index in [0.29, 0.717) is 6.61 Å². The molecule has 0 aromatic rings. The normalized spacial score (nSPS) is 5.00. The average molecular weight is 150 g/mol. The molecule has 1 nitrogen and oxygen atoms in total. The molecule has 0 saturated heterocycles. The maximum Gasteiger partial charge on any atom is 0.0667 e. The van der Waals surface area contributed by atoms with Gasteiger partial charge in [0, 0.05) is 7.11 Å². The molecule has 10 heavy (non-hydrogen) atoms. The van der Waals surface area contributed by atoms with E-state index in [1.165, 1.54) is 0 Å². The quantitative estimate of drug-likeness (QED) is 0.545. The van der Waals surface area contributed by atoms with Crippen LogP contribution >= 0.6 is 0 Å². The highest BCUT2D eigenvalue weighted by atomic mass is 16.5. The third kappa shape index (κ3) is 47.4. The summed E-state index contributed by atoms with van der Waals surface area (Å²) in [7, 11) is 1.66. The van der Waals surface area contributed by atoms with Crippen LogP contribution in [0.1, 0.15) is 36.6 Å². The van der Waals surface area contributed by atoms with Crippen molar-refractivity contribution >= 4 is 0 Å². The Labute approximate surface area is 68.1 Å². The Hall–Kier alpha value is -0.300. The molecular weight excluding hydrogens is 124 g/mol. The van der Waals surface area contributed by atoms with Crippen molar-refractivity contribution in [1.29, 1.82) is 0 Å². The van der Waals surface area contributed by atoms with Gasteiger partial charge in [-0.15, -0.1) is 0 Å². The minimum atomic E-state index is 0. The summed E-state index contributed by atoms with van der Waals surface area (Å²) in [5.74, 6) is 0. The minimum Gasteiger partial charge on any atom is -0.380 e. The molecule has 0 rings (SSSR count). The van der Waals surface area contributed by atoms with Gasteiger partial charge in [-0.1, -0.05) is 41.9 Å². The fourth-order valence-electron chi connectivity index (χ4n) is 0.246. The van der Waals surface area contributed by atoms with Gasteiger partial charge in [-0.05, 0) is 6.92 Å². The van der Waals surface area contributed by atoms with Crippen LogP contribution in [0.3, 0.4) is 0 Å². The number of ether oxygens (including phenoxy) is 1. The van der Waals surface area contributed by atoms with E-state index in [9.17, 15) is 0 Å². The molecule has 68 valence electrons. The summed E-state index contributed by atoms with van der Waals surface area (Å²) in [5.41, 5.74) is 1.07. The van der Waals surface area contributed by atoms with E-state index in [0.717, 1.165) is 5.57 Å². The molecule has 0 bridgehead atoms. The number of methoxy groups -OCH3 is 1. The SMILES string of the molecule is C.C.C.C.C=C(C)COC. The third-order valence-electron chi connectivity index (χ3n) is 0.391. The molecule has 0 fully saturated rings. The topological polar surface area (TPSA) is 9.23 Å². The maximum atomic E-state index is 4.70. The van der Waals surface area contributed by atoms with Crippen LogP contribution in [0.15, 0.2) is 12.2 Å². The third-order valence-corrected chi connectivity index (χ3v) is 0.391. The van der Waals surface area contributed by atoms with Gasteiger partial charge in [-0.2, -0.15) is 0 Å². The van der Waals surface area contributed by atoms with Crippen LogP contribution in [-0.2, 0) is 4.74 Å². The molecule has 0 N–H and O–H groups in total. The van der Waals surface area contributed by atoms with Crippen LogP contribution in [0.25, 0.3) is 0 Å². The maximum absolute atomic E-state index is 4.70. The molecule has 0 spiro atoms. The van der Waals surface area contributed by atoms with Gasteiger partial charge in [0.25, 0.3) is 0 Å². The summed E-state index contributed by atoms with van der Waals surface area (Å²) in [6.07, 6.45) is 0. The lowest BCUT2D eigenvalue weighted by atomic mass is 10.4. The van der Waals surface area contributed by atoms with Crippen LogP contribution in [0, 0.1) is 0 Å². The highest BCUT2D eigenvalue weighted by Crippen LogP contribution is 1.82. The highest BCUT2D eigenvalue weighted by Gasteiger charge is 1.75. The summed E-state index contributed by atoms with van der Waals surface area (Å²) in [6, 6.07) is 0. The molecular formula is C9H26O. The second-order valence-electron chi connectivity index (χ2n) is 1.39. The zero-order valence-corrected chi connectivity index (χ0v) is 4.32. The van der Waals surface area contributed by atoms with E-state index in [2.05, 4.69) is 6.58 Å². The summed E-state index contributed by atoms with van der Waals surface area (Å²) in [4.78, 5) is 0. The summed E-state index contributed by atoms with van der Waals surface area (Å²) in [6.45, 7) is 6.23. The molecule has 1 heteroatoms. The van der Waals surface area contributed by atoms with Gasteiger partial charge in [0.15, 0.2) is 0 Å². The van der Waals surface area contributed by atoms with Gasteiger partial charge < -0.3 is 4.74 Å². The van der Waals surface area contributed by atoms with Crippen LogP contribution < -0.4 is 0 Å². The van der Waals surface area contributed by atoms with E-state index in [1.807, 2.05) is 6.92 Å². The van der Waals surface area contributed by atoms with Crippen LogP contribution in [0.2, 0.25) is 0 Å². The summed E-state index contributed by atoms with van der Waals surface area (Å²) >= 11 is 0. The van der Waals surface area contributed by atoms with Crippen molar-refractivity contribution in [2.24, 2.45) is 0 Å². The lowest BCUT2D eigenvalue weighted by Gasteiger charge is -1.90. The molecule has 0 aliphatic carbocycles. The molecule has 0 amide bonds. The predicted molar refractivity (Wildman–Crippen MR) is 53.6 cm³/mol. The van der Waals surface area contributed by atoms with E-state index >= 15 is 0 Å². The molecule has 0 aliphatic heterocycles. The highest BCUT2D eigenvalue weighted by molar-refractivity contribution is 4.86. The van der Waals surface area contributed by atoms with Gasteiger partial charge in [0.2, 0.25) is 0 Å². The van der Waals surface area contributed by atoms with Crippen molar-refractivity contribution in [3.63, 3.8) is 0 Å². The van der Waals surface area contributed by atoms with Crippen molar-refractivity contribution in [2.75, 3.05) is 13.7 Å². The zero-order chi connectivity index (χ0) is 4.99. The van der Waals surface area contributed by atoms with Gasteiger partial charge in [0.1, 0.15) is 0 Å². The molecule has 0 aromatic carbocycles. The molecule has 0 radical (unpaired) electrons. The average Bonchev–Trinajstić information content (AvgIpc) is 1.35. The van der Waals surface area contributed by atoms with E-state index in [1.54, 1.807) is 7.11 Å². The first kappa shape index (κ1) is 33.2. The van der Waals surface area contributed by atoms with Crippen molar-refractivity contribution in [1.82, 2.24) is 0 Å². The second kappa shape index (κ2) is 23.4. The Kier molecular flexibility index (Phi) is 77.6.